The lowest BCUT2D eigenvalue weighted by atomic mass is 9.74. The molecule has 4 aliphatic rings. The highest BCUT2D eigenvalue weighted by Crippen LogP contribution is 2.57. The second-order valence-electron chi connectivity index (χ2n) is 12.0. The molecule has 43 heavy (non-hydrogen) atoms. The first-order valence-corrected chi connectivity index (χ1v) is 14.9. The lowest BCUT2D eigenvalue weighted by Crippen LogP contribution is -2.59. The van der Waals surface area contributed by atoms with Crippen LogP contribution < -0.4 is 4.90 Å². The zero-order valence-corrected chi connectivity index (χ0v) is 24.0. The molecule has 1 spiro atoms. The van der Waals surface area contributed by atoms with E-state index in [-0.39, 0.29) is 25.7 Å². The summed E-state index contributed by atoms with van der Waals surface area (Å²) in [6, 6.07) is 21.5. The summed E-state index contributed by atoms with van der Waals surface area (Å²) in [5.41, 5.74) is -0.974. The Morgan fingerprint density at radius 2 is 1.67 bits per heavy atom. The number of rotatable bonds is 5. The Kier molecular flexibility index (Phi) is 6.71. The zero-order chi connectivity index (χ0) is 29.8. The van der Waals surface area contributed by atoms with E-state index in [2.05, 4.69) is 0 Å². The number of aliphatic hydroxyl groups is 1. The number of nitrogens with zero attached hydrogens (tertiary/aromatic N) is 2. The molecule has 4 aliphatic heterocycles. The van der Waals surface area contributed by atoms with E-state index in [1.807, 2.05) is 97.1 Å². The van der Waals surface area contributed by atoms with Crippen LogP contribution in [0.4, 0.5) is 5.69 Å². The van der Waals surface area contributed by atoms with Crippen molar-refractivity contribution >= 4 is 34.2 Å². The number of carbonyl (C=O) groups excluding carboxylic acids is 3. The predicted molar refractivity (Wildman–Crippen MR) is 161 cm³/mol. The number of hydrogen-bond donors (Lipinski definition) is 1. The molecular formula is C35H34N2O6. The number of carbonyl (C=O) groups is 3. The number of cyclic esters (lactones) is 1. The van der Waals surface area contributed by atoms with Crippen LogP contribution in [0.2, 0.25) is 0 Å². The van der Waals surface area contributed by atoms with Crippen molar-refractivity contribution in [2.75, 3.05) is 24.7 Å². The molecule has 0 aromatic heterocycles. The van der Waals surface area contributed by atoms with Gasteiger partial charge in [0.15, 0.2) is 0 Å². The lowest BCUT2D eigenvalue weighted by molar-refractivity contribution is -0.160. The molecule has 3 aromatic carbocycles. The number of hydrogen-bond acceptors (Lipinski definition) is 6. The number of anilines is 1. The molecule has 0 bridgehead atoms. The monoisotopic (exact) mass is 578 g/mol. The van der Waals surface area contributed by atoms with E-state index in [9.17, 15) is 19.5 Å². The second kappa shape index (κ2) is 10.5. The van der Waals surface area contributed by atoms with Crippen LogP contribution in [0.25, 0.3) is 10.8 Å². The molecule has 220 valence electrons. The summed E-state index contributed by atoms with van der Waals surface area (Å²) in [6.07, 6.45) is 8.29. The van der Waals surface area contributed by atoms with Gasteiger partial charge in [0.2, 0.25) is 5.91 Å². The largest absolute Gasteiger partial charge is 0.465 e. The molecule has 6 atom stereocenters. The van der Waals surface area contributed by atoms with Crippen LogP contribution in [-0.4, -0.2) is 70.8 Å². The number of aliphatic hydroxyl groups excluding tert-OH is 1. The molecule has 2 fully saturated rings. The molecule has 7 rings (SSSR count). The minimum absolute atomic E-state index is 0.209. The number of amides is 2. The van der Waals surface area contributed by atoms with Crippen LogP contribution in [0.5, 0.6) is 0 Å². The topological polar surface area (TPSA) is 96.4 Å². The van der Waals surface area contributed by atoms with Crippen molar-refractivity contribution in [2.45, 2.75) is 43.1 Å². The van der Waals surface area contributed by atoms with Gasteiger partial charge in [-0.25, -0.2) is 0 Å². The second-order valence-corrected chi connectivity index (χ2v) is 12.0. The molecule has 3 aromatic rings. The van der Waals surface area contributed by atoms with Gasteiger partial charge in [0, 0.05) is 12.2 Å². The smallest absolute Gasteiger partial charge is 0.313 e. The molecule has 0 radical (unpaired) electrons. The molecule has 0 aliphatic carbocycles. The maximum absolute atomic E-state index is 14.9. The minimum atomic E-state index is -1.43. The standard InChI is InChI=1S/C35H34N2O6/c1-34-16-7-8-19-42-33(41)29(34)28-31(39)37(27(22-38)20-23-10-3-2-4-11-23)30-32(40)36(18-9-17-35(28,30)43-34)26-15-14-24-12-5-6-13-25(24)21-26/h2-7,9-17,21,27-30,38H,8,18-20,22H2,1H3/t27-,28+,29-,30?,34+,35+/m1/s1. The summed E-state index contributed by atoms with van der Waals surface area (Å²) in [4.78, 5) is 46.2. The van der Waals surface area contributed by atoms with Gasteiger partial charge in [-0.3, -0.25) is 14.4 Å². The van der Waals surface area contributed by atoms with Gasteiger partial charge in [-0.2, -0.15) is 0 Å². The van der Waals surface area contributed by atoms with Gasteiger partial charge in [0.25, 0.3) is 5.91 Å². The Bertz CT molecular complexity index is 1650. The summed E-state index contributed by atoms with van der Waals surface area (Å²) >= 11 is 0. The first-order valence-electron chi connectivity index (χ1n) is 14.9. The van der Waals surface area contributed by atoms with Crippen molar-refractivity contribution in [1.29, 1.82) is 0 Å². The zero-order valence-electron chi connectivity index (χ0n) is 24.0. The quantitative estimate of drug-likeness (QED) is 0.365. The van der Waals surface area contributed by atoms with Crippen molar-refractivity contribution in [2.24, 2.45) is 11.8 Å². The SMILES string of the molecule is C[C@]12C=CCCOC(=O)[C@H]1[C@H]1C(=O)N([C@@H](CO)Cc3ccccc3)C3C(=O)N(c4ccc5ccccc5c4)CC=C[C@@]31O2. The van der Waals surface area contributed by atoms with Crippen molar-refractivity contribution in [3.63, 3.8) is 0 Å². The highest BCUT2D eigenvalue weighted by atomic mass is 16.6. The maximum Gasteiger partial charge on any atom is 0.313 e. The van der Waals surface area contributed by atoms with E-state index in [0.717, 1.165) is 16.3 Å². The molecular weight excluding hydrogens is 544 g/mol. The Labute approximate surface area is 250 Å². The molecule has 8 heteroatoms. The highest BCUT2D eigenvalue weighted by molar-refractivity contribution is 6.06. The van der Waals surface area contributed by atoms with Gasteiger partial charge < -0.3 is 24.4 Å². The van der Waals surface area contributed by atoms with Gasteiger partial charge in [-0.05, 0) is 48.2 Å². The summed E-state index contributed by atoms with van der Waals surface area (Å²) < 4.78 is 12.5. The number of fused-ring (bicyclic) bond motifs is 3. The van der Waals surface area contributed by atoms with E-state index in [1.165, 1.54) is 4.90 Å². The average Bonchev–Trinajstić information content (AvgIpc) is 3.34. The number of ether oxygens (including phenoxy) is 2. The summed E-state index contributed by atoms with van der Waals surface area (Å²) in [7, 11) is 0. The Hall–Kier alpha value is -4.27. The van der Waals surface area contributed by atoms with Gasteiger partial charge in [-0.15, -0.1) is 0 Å². The number of benzene rings is 3. The summed E-state index contributed by atoms with van der Waals surface area (Å²) in [5, 5.41) is 12.7. The summed E-state index contributed by atoms with van der Waals surface area (Å²) in [6.45, 7) is 1.90. The van der Waals surface area contributed by atoms with Crippen molar-refractivity contribution in [3.8, 4) is 0 Å². The fourth-order valence-electron chi connectivity index (χ4n) is 7.53. The maximum atomic E-state index is 14.9. The van der Waals surface area contributed by atoms with E-state index >= 15 is 0 Å². The molecule has 2 amide bonds. The normalized spacial score (nSPS) is 30.7. The van der Waals surface area contributed by atoms with E-state index in [4.69, 9.17) is 9.47 Å². The molecule has 1 N–H and O–H groups in total. The van der Waals surface area contributed by atoms with Crippen molar-refractivity contribution in [3.05, 3.63) is 103 Å². The van der Waals surface area contributed by atoms with Crippen LogP contribution in [0.3, 0.4) is 0 Å². The Balaban J connectivity index is 1.37. The van der Waals surface area contributed by atoms with E-state index in [0.29, 0.717) is 18.5 Å². The van der Waals surface area contributed by atoms with E-state index < -0.39 is 47.0 Å². The third-order valence-electron chi connectivity index (χ3n) is 9.42. The lowest BCUT2D eigenvalue weighted by Gasteiger charge is -2.40. The predicted octanol–water partition coefficient (Wildman–Crippen LogP) is 3.82. The first kappa shape index (κ1) is 27.6. The minimum Gasteiger partial charge on any atom is -0.465 e. The molecule has 4 heterocycles. The van der Waals surface area contributed by atoms with Gasteiger partial charge in [0.05, 0.1) is 30.8 Å². The molecule has 8 nitrogen and oxygen atoms in total. The number of likely N-dealkylation sites (tertiary alicyclic amines) is 1. The average molecular weight is 579 g/mol. The Morgan fingerprint density at radius 3 is 2.47 bits per heavy atom. The first-order chi connectivity index (χ1) is 20.9. The summed E-state index contributed by atoms with van der Waals surface area (Å²) in [5.74, 6) is -3.18. The van der Waals surface area contributed by atoms with Gasteiger partial charge in [-0.1, -0.05) is 85.0 Å². The van der Waals surface area contributed by atoms with Crippen molar-refractivity contribution < 1.29 is 29.0 Å². The number of esters is 1. The van der Waals surface area contributed by atoms with Gasteiger partial charge >= 0.3 is 5.97 Å². The van der Waals surface area contributed by atoms with Crippen LogP contribution in [-0.2, 0) is 30.3 Å². The van der Waals surface area contributed by atoms with Crippen molar-refractivity contribution in [1.82, 2.24) is 4.90 Å². The molecule has 0 saturated carbocycles. The molecule has 2 saturated heterocycles. The highest BCUT2D eigenvalue weighted by Gasteiger charge is 2.75. The third-order valence-corrected chi connectivity index (χ3v) is 9.42. The van der Waals surface area contributed by atoms with Crippen LogP contribution in [0.15, 0.2) is 97.1 Å². The molecule has 1 unspecified atom stereocenters. The van der Waals surface area contributed by atoms with Crippen LogP contribution in [0, 0.1) is 11.8 Å². The van der Waals surface area contributed by atoms with Crippen LogP contribution in [0.1, 0.15) is 18.9 Å². The fourth-order valence-corrected chi connectivity index (χ4v) is 7.53. The fraction of sp³-hybridized carbons (Fsp3) is 0.343. The van der Waals surface area contributed by atoms with Crippen LogP contribution >= 0.6 is 0 Å². The van der Waals surface area contributed by atoms with E-state index in [1.54, 1.807) is 11.8 Å². The van der Waals surface area contributed by atoms with Gasteiger partial charge in [0.1, 0.15) is 17.6 Å². The third kappa shape index (κ3) is 4.31. The Morgan fingerprint density at radius 1 is 0.907 bits per heavy atom.